The van der Waals surface area contributed by atoms with Crippen LogP contribution >= 0.6 is 0 Å². The fraction of sp³-hybridized carbons (Fsp3) is 0.680. The number of halogens is 1. The van der Waals surface area contributed by atoms with E-state index in [0.29, 0.717) is 31.1 Å². The number of ether oxygens (including phenoxy) is 2. The SMILES string of the molecule is NN(CCCC1CCCCOC1)C(=O)N1CCCC([C@@H](OCCNC(=O)O)c2cccc(F)c2)C1. The van der Waals surface area contributed by atoms with Gasteiger partial charge in [0.25, 0.3) is 0 Å². The zero-order chi connectivity index (χ0) is 25.0. The second-order valence-corrected chi connectivity index (χ2v) is 9.48. The average molecular weight is 495 g/mol. The van der Waals surface area contributed by atoms with Crippen LogP contribution in [0, 0.1) is 17.7 Å². The molecule has 196 valence electrons. The number of nitrogens with two attached hydrogens (primary N) is 1. The van der Waals surface area contributed by atoms with Crippen molar-refractivity contribution in [3.8, 4) is 0 Å². The molecule has 10 heteroatoms. The highest BCUT2D eigenvalue weighted by atomic mass is 19.1. The Morgan fingerprint density at radius 1 is 1.31 bits per heavy atom. The number of urea groups is 1. The van der Waals surface area contributed by atoms with Crippen LogP contribution in [0.4, 0.5) is 14.0 Å². The van der Waals surface area contributed by atoms with Crippen molar-refractivity contribution < 1.29 is 28.6 Å². The number of rotatable bonds is 10. The Balaban J connectivity index is 1.55. The Morgan fingerprint density at radius 2 is 2.17 bits per heavy atom. The molecule has 4 N–H and O–H groups in total. The van der Waals surface area contributed by atoms with E-state index >= 15 is 0 Å². The molecule has 2 aliphatic heterocycles. The summed E-state index contributed by atoms with van der Waals surface area (Å²) in [5, 5.41) is 12.4. The van der Waals surface area contributed by atoms with E-state index in [9.17, 15) is 14.0 Å². The summed E-state index contributed by atoms with van der Waals surface area (Å²) in [6, 6.07) is 6.02. The molecule has 0 aromatic heterocycles. The van der Waals surface area contributed by atoms with Crippen molar-refractivity contribution in [1.29, 1.82) is 0 Å². The average Bonchev–Trinajstić information content (AvgIpc) is 3.12. The van der Waals surface area contributed by atoms with Gasteiger partial charge in [0.05, 0.1) is 12.7 Å². The van der Waals surface area contributed by atoms with Gasteiger partial charge in [-0.25, -0.2) is 19.8 Å². The van der Waals surface area contributed by atoms with E-state index in [1.165, 1.54) is 23.6 Å². The number of carboxylic acid groups (broad SMARTS) is 1. The molecule has 2 heterocycles. The lowest BCUT2D eigenvalue weighted by Crippen LogP contribution is -2.51. The van der Waals surface area contributed by atoms with Crippen LogP contribution in [0.1, 0.15) is 56.6 Å². The van der Waals surface area contributed by atoms with Crippen LogP contribution in [0.2, 0.25) is 0 Å². The molecule has 0 bridgehead atoms. The standard InChI is InChI=1S/C25H39FN4O5/c26-22-10-3-8-20(16-22)23(35-15-11-28-24(31)32)21-9-5-12-29(17-21)25(33)30(27)13-4-7-19-6-1-2-14-34-18-19/h3,8,10,16,19,21,23,28H,1-2,4-7,9,11-15,17-18,27H2,(H,31,32)/t19?,21?,23-/m0/s1. The maximum absolute atomic E-state index is 13.9. The van der Waals surface area contributed by atoms with Crippen molar-refractivity contribution in [1.82, 2.24) is 15.2 Å². The van der Waals surface area contributed by atoms with Gasteiger partial charge in [-0.3, -0.25) is 5.01 Å². The van der Waals surface area contributed by atoms with Crippen LogP contribution in [0.25, 0.3) is 0 Å². The molecule has 2 saturated heterocycles. The van der Waals surface area contributed by atoms with E-state index in [2.05, 4.69) is 5.32 Å². The molecular formula is C25H39FN4O5. The lowest BCUT2D eigenvalue weighted by Gasteiger charge is -2.38. The number of likely N-dealkylation sites (tertiary alicyclic amines) is 1. The Kier molecular flexibility index (Phi) is 11.0. The lowest BCUT2D eigenvalue weighted by atomic mass is 9.88. The van der Waals surface area contributed by atoms with Crippen LogP contribution in [-0.4, -0.2) is 73.1 Å². The lowest BCUT2D eigenvalue weighted by molar-refractivity contribution is -0.0107. The summed E-state index contributed by atoms with van der Waals surface area (Å²) in [7, 11) is 0. The second-order valence-electron chi connectivity index (χ2n) is 9.48. The zero-order valence-electron chi connectivity index (χ0n) is 20.4. The molecule has 0 radical (unpaired) electrons. The Hall–Kier alpha value is -2.43. The monoisotopic (exact) mass is 494 g/mol. The van der Waals surface area contributed by atoms with Gasteiger partial charge in [-0.05, 0) is 62.1 Å². The van der Waals surface area contributed by atoms with Crippen LogP contribution < -0.4 is 11.2 Å². The summed E-state index contributed by atoms with van der Waals surface area (Å²) in [5.41, 5.74) is 0.676. The Labute approximate surface area is 206 Å². The van der Waals surface area contributed by atoms with E-state index in [0.717, 1.165) is 51.7 Å². The molecule has 3 atom stereocenters. The molecule has 2 fully saturated rings. The largest absolute Gasteiger partial charge is 0.465 e. The first-order valence-electron chi connectivity index (χ1n) is 12.7. The third-order valence-corrected chi connectivity index (χ3v) is 6.77. The minimum Gasteiger partial charge on any atom is -0.465 e. The van der Waals surface area contributed by atoms with Crippen LogP contribution in [0.5, 0.6) is 0 Å². The van der Waals surface area contributed by atoms with Gasteiger partial charge in [-0.2, -0.15) is 0 Å². The van der Waals surface area contributed by atoms with Gasteiger partial charge in [0.15, 0.2) is 0 Å². The number of piperidine rings is 1. The molecule has 9 nitrogen and oxygen atoms in total. The predicted molar refractivity (Wildman–Crippen MR) is 129 cm³/mol. The highest BCUT2D eigenvalue weighted by molar-refractivity contribution is 5.73. The summed E-state index contributed by atoms with van der Waals surface area (Å²) in [6.07, 6.45) is 5.29. The number of benzene rings is 1. The van der Waals surface area contributed by atoms with Crippen LogP contribution in [0.15, 0.2) is 24.3 Å². The first kappa shape index (κ1) is 27.2. The van der Waals surface area contributed by atoms with E-state index in [-0.39, 0.29) is 30.9 Å². The van der Waals surface area contributed by atoms with Crippen molar-refractivity contribution in [2.24, 2.45) is 17.7 Å². The highest BCUT2D eigenvalue weighted by Crippen LogP contribution is 2.33. The smallest absolute Gasteiger partial charge is 0.404 e. The predicted octanol–water partition coefficient (Wildman–Crippen LogP) is 3.76. The molecule has 35 heavy (non-hydrogen) atoms. The van der Waals surface area contributed by atoms with Crippen molar-refractivity contribution in [2.75, 3.05) is 46.0 Å². The molecule has 0 saturated carbocycles. The van der Waals surface area contributed by atoms with E-state index in [1.54, 1.807) is 17.0 Å². The number of carbonyl (C=O) groups is 2. The number of nitrogens with zero attached hydrogens (tertiary/aromatic N) is 2. The molecule has 0 spiro atoms. The molecule has 2 aliphatic rings. The van der Waals surface area contributed by atoms with Gasteiger partial charge in [-0.1, -0.05) is 18.6 Å². The first-order valence-corrected chi connectivity index (χ1v) is 12.7. The number of hydrogen-bond donors (Lipinski definition) is 3. The van der Waals surface area contributed by atoms with E-state index in [1.807, 2.05) is 0 Å². The molecule has 1 aromatic rings. The van der Waals surface area contributed by atoms with E-state index in [4.69, 9.17) is 20.4 Å². The summed E-state index contributed by atoms with van der Waals surface area (Å²) in [4.78, 5) is 25.5. The van der Waals surface area contributed by atoms with Crippen LogP contribution in [0.3, 0.4) is 0 Å². The molecule has 0 aliphatic carbocycles. The Bertz CT molecular complexity index is 806. The Morgan fingerprint density at radius 3 is 2.97 bits per heavy atom. The number of hydrazine groups is 1. The molecule has 3 amide bonds. The van der Waals surface area contributed by atoms with Gasteiger partial charge in [0.2, 0.25) is 0 Å². The second kappa shape index (κ2) is 14.2. The molecular weight excluding hydrogens is 455 g/mol. The summed E-state index contributed by atoms with van der Waals surface area (Å²) < 4.78 is 25.6. The molecule has 3 rings (SSSR count). The number of hydrogen-bond acceptors (Lipinski definition) is 5. The molecule has 2 unspecified atom stereocenters. The number of amides is 3. The maximum atomic E-state index is 13.9. The van der Waals surface area contributed by atoms with Gasteiger partial charge in [0.1, 0.15) is 5.82 Å². The van der Waals surface area contributed by atoms with Gasteiger partial charge >= 0.3 is 12.1 Å². The van der Waals surface area contributed by atoms with Crippen molar-refractivity contribution in [3.05, 3.63) is 35.6 Å². The maximum Gasteiger partial charge on any atom is 0.404 e. The van der Waals surface area contributed by atoms with Crippen molar-refractivity contribution in [3.63, 3.8) is 0 Å². The summed E-state index contributed by atoms with van der Waals surface area (Å²) in [5.74, 6) is 6.24. The van der Waals surface area contributed by atoms with Crippen molar-refractivity contribution >= 4 is 12.1 Å². The summed E-state index contributed by atoms with van der Waals surface area (Å²) >= 11 is 0. The highest BCUT2D eigenvalue weighted by Gasteiger charge is 2.32. The minimum absolute atomic E-state index is 0.0594. The summed E-state index contributed by atoms with van der Waals surface area (Å²) in [6.45, 7) is 3.43. The minimum atomic E-state index is -1.13. The zero-order valence-corrected chi connectivity index (χ0v) is 20.4. The fourth-order valence-electron chi connectivity index (χ4n) is 4.99. The quantitative estimate of drug-likeness (QED) is 0.197. The first-order chi connectivity index (χ1) is 16.9. The topological polar surface area (TPSA) is 117 Å². The fourth-order valence-corrected chi connectivity index (χ4v) is 4.99. The van der Waals surface area contributed by atoms with Crippen molar-refractivity contribution in [2.45, 2.75) is 51.0 Å². The van der Waals surface area contributed by atoms with Crippen LogP contribution in [-0.2, 0) is 9.47 Å². The van der Waals surface area contributed by atoms with Gasteiger partial charge in [-0.15, -0.1) is 0 Å². The number of carbonyl (C=O) groups excluding carboxylic acids is 1. The third kappa shape index (κ3) is 8.94. The van der Waals surface area contributed by atoms with Gasteiger partial charge in [0, 0.05) is 45.3 Å². The van der Waals surface area contributed by atoms with E-state index < -0.39 is 12.2 Å². The third-order valence-electron chi connectivity index (χ3n) is 6.77. The molecule has 1 aromatic carbocycles. The van der Waals surface area contributed by atoms with Gasteiger partial charge < -0.3 is 24.8 Å². The normalized spacial score (nSPS) is 21.7. The number of nitrogens with one attached hydrogen (secondary N) is 1.